The Morgan fingerprint density at radius 1 is 1.57 bits per heavy atom. The molecule has 0 saturated heterocycles. The first-order valence-electron chi connectivity index (χ1n) is 3.86. The predicted molar refractivity (Wildman–Crippen MR) is 52.4 cm³/mol. The van der Waals surface area contributed by atoms with Crippen molar-refractivity contribution in [3.63, 3.8) is 0 Å². The van der Waals surface area contributed by atoms with Gasteiger partial charge in [-0.25, -0.2) is 0 Å². The van der Waals surface area contributed by atoms with Crippen molar-refractivity contribution in [3.05, 3.63) is 33.5 Å². The Bertz CT molecular complexity index is 521. The number of aromatic nitrogens is 2. The van der Waals surface area contributed by atoms with E-state index in [1.165, 1.54) is 10.7 Å². The van der Waals surface area contributed by atoms with Crippen molar-refractivity contribution in [2.24, 2.45) is 7.05 Å². The molecule has 0 bridgehead atoms. The summed E-state index contributed by atoms with van der Waals surface area (Å²) in [6.07, 6.45) is 1.57. The van der Waals surface area contributed by atoms with Crippen LogP contribution in [0.4, 0.5) is 5.69 Å². The molecule has 0 N–H and O–H groups in total. The molecular weight excluding hydrogens is 206 g/mol. The summed E-state index contributed by atoms with van der Waals surface area (Å²) in [6, 6.07) is 3.21. The summed E-state index contributed by atoms with van der Waals surface area (Å²) in [4.78, 5) is 10.3. The summed E-state index contributed by atoms with van der Waals surface area (Å²) in [5.41, 5.74) is 0.353. The average molecular weight is 212 g/mol. The van der Waals surface area contributed by atoms with Gasteiger partial charge in [0.25, 0.3) is 0 Å². The molecule has 2 aromatic rings. The van der Waals surface area contributed by atoms with Gasteiger partial charge in [0, 0.05) is 12.4 Å². The first-order valence-corrected chi connectivity index (χ1v) is 4.23. The Morgan fingerprint density at radius 2 is 2.29 bits per heavy atom. The van der Waals surface area contributed by atoms with Crippen LogP contribution in [0.15, 0.2) is 18.3 Å². The van der Waals surface area contributed by atoms with Crippen LogP contribution in [0.3, 0.4) is 0 Å². The number of nitrogens with zero attached hydrogens (tertiary/aromatic N) is 3. The molecule has 0 saturated carbocycles. The number of benzene rings is 1. The second kappa shape index (κ2) is 2.95. The van der Waals surface area contributed by atoms with E-state index in [0.29, 0.717) is 10.9 Å². The summed E-state index contributed by atoms with van der Waals surface area (Å²) in [5, 5.41) is 15.5. The lowest BCUT2D eigenvalue weighted by Gasteiger charge is -1.98. The summed E-state index contributed by atoms with van der Waals surface area (Å²) >= 11 is 5.74. The van der Waals surface area contributed by atoms with Gasteiger partial charge in [-0.15, -0.1) is 0 Å². The van der Waals surface area contributed by atoms with Gasteiger partial charge in [0.2, 0.25) is 0 Å². The third-order valence-corrected chi connectivity index (χ3v) is 2.31. The topological polar surface area (TPSA) is 61.0 Å². The lowest BCUT2D eigenvalue weighted by atomic mass is 10.2. The highest BCUT2D eigenvalue weighted by atomic mass is 35.5. The Balaban J connectivity index is 2.94. The molecule has 1 heterocycles. The van der Waals surface area contributed by atoms with Crippen molar-refractivity contribution in [1.29, 1.82) is 0 Å². The number of rotatable bonds is 1. The number of hydrogen-bond acceptors (Lipinski definition) is 3. The van der Waals surface area contributed by atoms with E-state index >= 15 is 0 Å². The smallest absolute Gasteiger partial charge is 0.261 e. The number of nitro benzene ring substituents is 1. The SMILES string of the molecule is Cn1ncc2ccc(Cl)c([N+](=O)[O-])c21. The van der Waals surface area contributed by atoms with Crippen molar-refractivity contribution in [2.75, 3.05) is 0 Å². The second-order valence-electron chi connectivity index (χ2n) is 2.86. The standard InChI is InChI=1S/C8H6ClN3O2/c1-11-7-5(4-10-11)2-3-6(9)8(7)12(13)14/h2-4H,1H3. The van der Waals surface area contributed by atoms with E-state index in [1.807, 2.05) is 0 Å². The lowest BCUT2D eigenvalue weighted by Crippen LogP contribution is -1.96. The molecule has 0 radical (unpaired) electrons. The van der Waals surface area contributed by atoms with Gasteiger partial charge >= 0.3 is 5.69 Å². The Labute approximate surface area is 84.0 Å². The van der Waals surface area contributed by atoms with Crippen molar-refractivity contribution >= 4 is 28.2 Å². The van der Waals surface area contributed by atoms with E-state index < -0.39 is 4.92 Å². The van der Waals surface area contributed by atoms with Crippen LogP contribution in [0.25, 0.3) is 10.9 Å². The molecule has 0 aliphatic carbocycles. The minimum atomic E-state index is -0.494. The first kappa shape index (κ1) is 8.96. The van der Waals surface area contributed by atoms with Crippen LogP contribution >= 0.6 is 11.6 Å². The Hall–Kier alpha value is -1.62. The molecule has 14 heavy (non-hydrogen) atoms. The molecule has 0 amide bonds. The van der Waals surface area contributed by atoms with E-state index in [0.717, 1.165) is 0 Å². The molecule has 0 fully saturated rings. The van der Waals surface area contributed by atoms with Crippen LogP contribution in [0.2, 0.25) is 5.02 Å². The summed E-state index contributed by atoms with van der Waals surface area (Å²) in [7, 11) is 1.64. The molecule has 0 aliphatic heterocycles. The van der Waals surface area contributed by atoms with Crippen LogP contribution in [0.1, 0.15) is 0 Å². The van der Waals surface area contributed by atoms with Crippen LogP contribution in [0, 0.1) is 10.1 Å². The van der Waals surface area contributed by atoms with Gasteiger partial charge < -0.3 is 0 Å². The van der Waals surface area contributed by atoms with Gasteiger partial charge in [-0.3, -0.25) is 14.8 Å². The van der Waals surface area contributed by atoms with E-state index in [2.05, 4.69) is 5.10 Å². The zero-order chi connectivity index (χ0) is 10.3. The zero-order valence-electron chi connectivity index (χ0n) is 7.27. The van der Waals surface area contributed by atoms with Crippen LogP contribution < -0.4 is 0 Å². The lowest BCUT2D eigenvalue weighted by molar-refractivity contribution is -0.383. The fraction of sp³-hybridized carbons (Fsp3) is 0.125. The van der Waals surface area contributed by atoms with E-state index in [-0.39, 0.29) is 10.7 Å². The van der Waals surface area contributed by atoms with Crippen molar-refractivity contribution in [2.45, 2.75) is 0 Å². The fourth-order valence-corrected chi connectivity index (χ4v) is 1.62. The van der Waals surface area contributed by atoms with Crippen LogP contribution in [-0.4, -0.2) is 14.7 Å². The quantitative estimate of drug-likeness (QED) is 0.536. The maximum atomic E-state index is 10.8. The van der Waals surface area contributed by atoms with Gasteiger partial charge in [0.05, 0.1) is 11.1 Å². The second-order valence-corrected chi connectivity index (χ2v) is 3.27. The third-order valence-electron chi connectivity index (χ3n) is 2.01. The number of nitro groups is 1. The minimum Gasteiger partial charge on any atom is -0.261 e. The van der Waals surface area contributed by atoms with E-state index in [9.17, 15) is 10.1 Å². The molecule has 5 nitrogen and oxygen atoms in total. The fourth-order valence-electron chi connectivity index (χ4n) is 1.40. The van der Waals surface area contributed by atoms with E-state index in [1.54, 1.807) is 19.3 Å². The normalized spacial score (nSPS) is 10.7. The number of aryl methyl sites for hydroxylation is 1. The highest BCUT2D eigenvalue weighted by molar-refractivity contribution is 6.34. The molecule has 0 atom stereocenters. The van der Waals surface area contributed by atoms with Gasteiger partial charge in [0.15, 0.2) is 0 Å². The molecule has 1 aromatic carbocycles. The summed E-state index contributed by atoms with van der Waals surface area (Å²) in [5.74, 6) is 0. The highest BCUT2D eigenvalue weighted by Gasteiger charge is 2.19. The van der Waals surface area contributed by atoms with Crippen molar-refractivity contribution < 1.29 is 4.92 Å². The van der Waals surface area contributed by atoms with Gasteiger partial charge in [-0.1, -0.05) is 11.6 Å². The Morgan fingerprint density at radius 3 is 2.93 bits per heavy atom. The molecular formula is C8H6ClN3O2. The van der Waals surface area contributed by atoms with Crippen molar-refractivity contribution in [3.8, 4) is 0 Å². The zero-order valence-corrected chi connectivity index (χ0v) is 8.02. The van der Waals surface area contributed by atoms with Crippen LogP contribution in [-0.2, 0) is 7.05 Å². The molecule has 72 valence electrons. The summed E-state index contributed by atoms with van der Waals surface area (Å²) in [6.45, 7) is 0. The minimum absolute atomic E-state index is 0.0934. The average Bonchev–Trinajstić information content (AvgIpc) is 2.47. The number of fused-ring (bicyclic) bond motifs is 1. The molecule has 0 aliphatic rings. The molecule has 2 rings (SSSR count). The van der Waals surface area contributed by atoms with Gasteiger partial charge in [0.1, 0.15) is 10.5 Å². The number of hydrogen-bond donors (Lipinski definition) is 0. The molecule has 0 spiro atoms. The summed E-state index contributed by atoms with van der Waals surface area (Å²) < 4.78 is 1.44. The molecule has 0 unspecified atom stereocenters. The van der Waals surface area contributed by atoms with Crippen molar-refractivity contribution in [1.82, 2.24) is 9.78 Å². The highest BCUT2D eigenvalue weighted by Crippen LogP contribution is 2.32. The molecule has 1 aromatic heterocycles. The number of halogens is 1. The van der Waals surface area contributed by atoms with Gasteiger partial charge in [-0.05, 0) is 12.1 Å². The molecule has 6 heteroatoms. The Kier molecular flexibility index (Phi) is 1.89. The third kappa shape index (κ3) is 1.13. The maximum absolute atomic E-state index is 10.8. The van der Waals surface area contributed by atoms with Crippen LogP contribution in [0.5, 0.6) is 0 Å². The largest absolute Gasteiger partial charge is 0.313 e. The monoisotopic (exact) mass is 211 g/mol. The van der Waals surface area contributed by atoms with E-state index in [4.69, 9.17) is 11.6 Å². The maximum Gasteiger partial charge on any atom is 0.313 e. The van der Waals surface area contributed by atoms with Gasteiger partial charge in [-0.2, -0.15) is 5.10 Å². The predicted octanol–water partition coefficient (Wildman–Crippen LogP) is 2.13. The first-order chi connectivity index (χ1) is 6.61.